The fourth-order valence-electron chi connectivity index (χ4n) is 3.09. The van der Waals surface area contributed by atoms with E-state index < -0.39 is 36.4 Å². The number of amides is 3. The highest BCUT2D eigenvalue weighted by Crippen LogP contribution is 2.34. The van der Waals surface area contributed by atoms with Gasteiger partial charge in [-0.1, -0.05) is 0 Å². The molecule has 1 aromatic rings. The number of nitrogens with zero attached hydrogens (tertiary/aromatic N) is 2. The van der Waals surface area contributed by atoms with E-state index in [1.165, 1.54) is 29.2 Å². The van der Waals surface area contributed by atoms with Crippen LogP contribution in [0.3, 0.4) is 0 Å². The molecule has 1 spiro atoms. The number of imide groups is 1. The van der Waals surface area contributed by atoms with E-state index in [0.29, 0.717) is 10.6 Å². The maximum absolute atomic E-state index is 12.8. The third-order valence-electron chi connectivity index (χ3n) is 4.56. The Hall–Kier alpha value is -2.78. The van der Waals surface area contributed by atoms with Gasteiger partial charge in [0.25, 0.3) is 18.2 Å². The number of hydrogen-bond donors (Lipinski definition) is 0. The Morgan fingerprint density at radius 2 is 1.81 bits per heavy atom. The van der Waals surface area contributed by atoms with Crippen LogP contribution in [-0.4, -0.2) is 66.0 Å². The van der Waals surface area contributed by atoms with E-state index in [0.717, 1.165) is 0 Å². The number of carbonyl (C=O) groups excluding carboxylic acids is 3. The number of hydrogen-bond acceptors (Lipinski definition) is 5. The number of alkyl halides is 2. The van der Waals surface area contributed by atoms with Gasteiger partial charge in [-0.25, -0.2) is 22.9 Å². The van der Waals surface area contributed by atoms with Crippen LogP contribution in [0, 0.1) is 5.82 Å². The third kappa shape index (κ3) is 3.99. The van der Waals surface area contributed by atoms with Crippen molar-refractivity contribution < 1.29 is 37.0 Å². The summed E-state index contributed by atoms with van der Waals surface area (Å²) in [4.78, 5) is 38.1. The van der Waals surface area contributed by atoms with Crippen molar-refractivity contribution in [3.8, 4) is 5.75 Å². The summed E-state index contributed by atoms with van der Waals surface area (Å²) in [6, 6.07) is 5.19. The van der Waals surface area contributed by atoms with Gasteiger partial charge in [-0.2, -0.15) is 0 Å². The second-order valence-electron chi connectivity index (χ2n) is 6.29. The number of carbonyl (C=O) groups is 3. The molecule has 146 valence electrons. The molecule has 2 aliphatic rings. The topological polar surface area (TPSA) is 76.2 Å². The largest absolute Gasteiger partial charge is 0.484 e. The predicted molar refractivity (Wildman–Crippen MR) is 84.6 cm³/mol. The molecule has 0 aromatic heterocycles. The minimum Gasteiger partial charge on any atom is -0.484 e. The Bertz CT molecular complexity index is 733. The summed E-state index contributed by atoms with van der Waals surface area (Å²) >= 11 is 0. The molecule has 0 radical (unpaired) electrons. The zero-order valence-electron chi connectivity index (χ0n) is 14.2. The number of likely N-dealkylation sites (tertiary alicyclic amines) is 1. The van der Waals surface area contributed by atoms with Crippen LogP contribution >= 0.6 is 0 Å². The second kappa shape index (κ2) is 7.45. The van der Waals surface area contributed by atoms with Gasteiger partial charge in [-0.3, -0.25) is 9.59 Å². The summed E-state index contributed by atoms with van der Waals surface area (Å²) in [6.07, 6.45) is -3.87. The standard InChI is InChI=1S/C17H17F3N2O5/c18-11-1-3-12(4-2-11)26-10-14(23)21-7-5-17(6-8-21)15(24)22(9-13(19)20)16(25)27-17/h1-4,13H,5-10H2. The number of halogens is 3. The fraction of sp³-hybridized carbons (Fsp3) is 0.471. The lowest BCUT2D eigenvalue weighted by molar-refractivity contribution is -0.146. The molecule has 0 saturated carbocycles. The quantitative estimate of drug-likeness (QED) is 0.772. The first-order valence-electron chi connectivity index (χ1n) is 8.30. The molecular formula is C17H17F3N2O5. The van der Waals surface area contributed by atoms with Crippen molar-refractivity contribution in [3.63, 3.8) is 0 Å². The van der Waals surface area contributed by atoms with Crippen molar-refractivity contribution in [2.45, 2.75) is 24.9 Å². The summed E-state index contributed by atoms with van der Waals surface area (Å²) in [5, 5.41) is 0. The average molecular weight is 386 g/mol. The van der Waals surface area contributed by atoms with Crippen LogP contribution in [0.15, 0.2) is 24.3 Å². The van der Waals surface area contributed by atoms with Crippen LogP contribution in [0.5, 0.6) is 5.75 Å². The summed E-state index contributed by atoms with van der Waals surface area (Å²) in [6.45, 7) is -1.04. The molecule has 2 heterocycles. The second-order valence-corrected chi connectivity index (χ2v) is 6.29. The zero-order chi connectivity index (χ0) is 19.6. The van der Waals surface area contributed by atoms with Crippen molar-refractivity contribution in [3.05, 3.63) is 30.1 Å². The molecule has 10 heteroatoms. The molecule has 3 amide bonds. The summed E-state index contributed by atoms with van der Waals surface area (Å²) in [5.74, 6) is -1.23. The first kappa shape index (κ1) is 19.0. The van der Waals surface area contributed by atoms with E-state index in [1.54, 1.807) is 0 Å². The van der Waals surface area contributed by atoms with Gasteiger partial charge in [0.2, 0.25) is 0 Å². The van der Waals surface area contributed by atoms with Crippen molar-refractivity contribution in [1.82, 2.24) is 9.80 Å². The van der Waals surface area contributed by atoms with Gasteiger partial charge in [-0.05, 0) is 24.3 Å². The van der Waals surface area contributed by atoms with Gasteiger partial charge in [0, 0.05) is 25.9 Å². The molecule has 7 nitrogen and oxygen atoms in total. The van der Waals surface area contributed by atoms with Crippen molar-refractivity contribution >= 4 is 17.9 Å². The highest BCUT2D eigenvalue weighted by atomic mass is 19.3. The van der Waals surface area contributed by atoms with Crippen molar-refractivity contribution in [2.75, 3.05) is 26.2 Å². The lowest BCUT2D eigenvalue weighted by Gasteiger charge is -2.36. The maximum atomic E-state index is 12.8. The monoisotopic (exact) mass is 386 g/mol. The summed E-state index contributed by atoms with van der Waals surface area (Å²) in [7, 11) is 0. The van der Waals surface area contributed by atoms with E-state index in [2.05, 4.69) is 0 Å². The lowest BCUT2D eigenvalue weighted by Crippen LogP contribution is -2.52. The molecule has 2 saturated heterocycles. The van der Waals surface area contributed by atoms with Gasteiger partial charge in [-0.15, -0.1) is 0 Å². The lowest BCUT2D eigenvalue weighted by atomic mass is 9.90. The molecule has 2 aliphatic heterocycles. The highest BCUT2D eigenvalue weighted by molar-refractivity contribution is 6.03. The molecule has 0 N–H and O–H groups in total. The number of ether oxygens (including phenoxy) is 2. The van der Waals surface area contributed by atoms with Gasteiger partial charge >= 0.3 is 6.09 Å². The molecule has 1 aromatic carbocycles. The predicted octanol–water partition coefficient (Wildman–Crippen LogP) is 1.81. The van der Waals surface area contributed by atoms with E-state index in [9.17, 15) is 27.6 Å². The SMILES string of the molecule is O=C(COc1ccc(F)cc1)N1CCC2(CC1)OC(=O)N(CC(F)F)C2=O. The van der Waals surface area contributed by atoms with E-state index in [-0.39, 0.29) is 38.4 Å². The van der Waals surface area contributed by atoms with E-state index >= 15 is 0 Å². The van der Waals surface area contributed by atoms with Gasteiger partial charge in [0.1, 0.15) is 11.6 Å². The molecular weight excluding hydrogens is 369 g/mol. The Kier molecular flexibility index (Phi) is 5.24. The highest BCUT2D eigenvalue weighted by Gasteiger charge is 2.55. The number of piperidine rings is 1. The Labute approximate surface area is 152 Å². The number of benzene rings is 1. The summed E-state index contributed by atoms with van der Waals surface area (Å²) < 4.78 is 48.2. The van der Waals surface area contributed by atoms with Crippen LogP contribution in [0.4, 0.5) is 18.0 Å². The number of rotatable bonds is 5. The van der Waals surface area contributed by atoms with Crippen LogP contribution in [0.25, 0.3) is 0 Å². The summed E-state index contributed by atoms with van der Waals surface area (Å²) in [5.41, 5.74) is -1.49. The first-order valence-corrected chi connectivity index (χ1v) is 8.30. The van der Waals surface area contributed by atoms with E-state index in [4.69, 9.17) is 9.47 Å². The molecule has 27 heavy (non-hydrogen) atoms. The smallest absolute Gasteiger partial charge is 0.417 e. The molecule has 0 bridgehead atoms. The van der Waals surface area contributed by atoms with Crippen LogP contribution in [0.2, 0.25) is 0 Å². The minimum absolute atomic E-state index is 0.0274. The van der Waals surface area contributed by atoms with Gasteiger partial charge < -0.3 is 14.4 Å². The Balaban J connectivity index is 1.53. The van der Waals surface area contributed by atoms with Crippen LogP contribution < -0.4 is 4.74 Å². The molecule has 0 aliphatic carbocycles. The minimum atomic E-state index is -2.85. The third-order valence-corrected chi connectivity index (χ3v) is 4.56. The normalized spacial score (nSPS) is 19.0. The van der Waals surface area contributed by atoms with Gasteiger partial charge in [0.05, 0.1) is 6.54 Å². The first-order chi connectivity index (χ1) is 12.8. The van der Waals surface area contributed by atoms with Crippen molar-refractivity contribution in [1.29, 1.82) is 0 Å². The molecule has 0 atom stereocenters. The molecule has 0 unspecified atom stereocenters. The van der Waals surface area contributed by atoms with Gasteiger partial charge in [0.15, 0.2) is 12.2 Å². The molecule has 2 fully saturated rings. The fourth-order valence-corrected chi connectivity index (χ4v) is 3.09. The zero-order valence-corrected chi connectivity index (χ0v) is 14.2. The average Bonchev–Trinajstić information content (AvgIpc) is 2.85. The van der Waals surface area contributed by atoms with Crippen molar-refractivity contribution in [2.24, 2.45) is 0 Å². The van der Waals surface area contributed by atoms with E-state index in [1.807, 2.05) is 0 Å². The maximum Gasteiger partial charge on any atom is 0.417 e. The molecule has 3 rings (SSSR count). The Morgan fingerprint density at radius 1 is 1.19 bits per heavy atom. The van der Waals surface area contributed by atoms with Crippen LogP contribution in [0.1, 0.15) is 12.8 Å². The Morgan fingerprint density at radius 3 is 2.41 bits per heavy atom. The van der Waals surface area contributed by atoms with Crippen LogP contribution in [-0.2, 0) is 14.3 Å².